The molecular weight excluding hydrogens is 1280 g/mol. The van der Waals surface area contributed by atoms with Crippen LogP contribution in [0.2, 0.25) is 0 Å². The van der Waals surface area contributed by atoms with E-state index in [-0.39, 0.29) is 25.7 Å². The Hall–Kier alpha value is -1.94. The van der Waals surface area contributed by atoms with E-state index in [9.17, 15) is 43.2 Å². The van der Waals surface area contributed by atoms with Crippen LogP contribution < -0.4 is 0 Å². The van der Waals surface area contributed by atoms with Gasteiger partial charge in [0.05, 0.1) is 26.4 Å². The first-order chi connectivity index (χ1) is 47.2. The second kappa shape index (κ2) is 68.2. The molecule has 0 fully saturated rings. The summed E-state index contributed by atoms with van der Waals surface area (Å²) in [5, 5.41) is 10.6. The average molecular weight is 1440 g/mol. The van der Waals surface area contributed by atoms with Crippen LogP contribution in [-0.2, 0) is 65.4 Å². The highest BCUT2D eigenvalue weighted by Crippen LogP contribution is 2.45. The first kappa shape index (κ1) is 96.1. The number of phosphoric acid groups is 2. The minimum Gasteiger partial charge on any atom is -0.462 e. The maximum Gasteiger partial charge on any atom is 0.472 e. The summed E-state index contributed by atoms with van der Waals surface area (Å²) in [5.74, 6) is 1.01. The standard InChI is InChI=1S/C79H154O17P2/c1-9-71(7)57-49-41-32-26-19-15-11-13-17-21-28-34-43-51-59-76(81)89-65-74(95-79(84)62-54-46-36-30-24-23-25-31-39-47-55-69(3)4)67-93-97(85,86)91-63-73(80)64-92-98(87,88)94-68-75(66-90-77(82)60-52-44-38-37-40-48-56-70(5)6)96-78(83)61-53-45-35-29-22-18-14-12-16-20-27-33-42-50-58-72(8)10-2/h69-75,80H,9-68H2,1-8H3,(H,85,86)(H,87,88)/t71?,72?,73-,74-,75-/m1/s1. The van der Waals surface area contributed by atoms with E-state index in [1.165, 1.54) is 199 Å². The molecule has 0 saturated heterocycles. The summed E-state index contributed by atoms with van der Waals surface area (Å²) in [4.78, 5) is 72.9. The Labute approximate surface area is 600 Å². The quantitative estimate of drug-likeness (QED) is 0.0222. The minimum absolute atomic E-state index is 0.106. The van der Waals surface area contributed by atoms with Gasteiger partial charge in [0.1, 0.15) is 19.3 Å². The van der Waals surface area contributed by atoms with Crippen molar-refractivity contribution >= 4 is 39.5 Å². The molecule has 0 aromatic carbocycles. The lowest BCUT2D eigenvalue weighted by Gasteiger charge is -2.21. The summed E-state index contributed by atoms with van der Waals surface area (Å²) < 4.78 is 68.6. The van der Waals surface area contributed by atoms with E-state index in [1.54, 1.807) is 0 Å². The van der Waals surface area contributed by atoms with E-state index in [4.69, 9.17) is 37.0 Å². The van der Waals surface area contributed by atoms with Crippen LogP contribution in [0.1, 0.15) is 402 Å². The third-order valence-corrected chi connectivity index (χ3v) is 20.9. The molecule has 0 saturated carbocycles. The van der Waals surface area contributed by atoms with Crippen LogP contribution in [0.5, 0.6) is 0 Å². The van der Waals surface area contributed by atoms with Crippen LogP contribution in [0.4, 0.5) is 0 Å². The molecule has 582 valence electrons. The predicted octanol–water partition coefficient (Wildman–Crippen LogP) is 23.2. The molecule has 0 aromatic heterocycles. The summed E-state index contributed by atoms with van der Waals surface area (Å²) >= 11 is 0. The number of hydrogen-bond donors (Lipinski definition) is 3. The lowest BCUT2D eigenvalue weighted by molar-refractivity contribution is -0.161. The predicted molar refractivity (Wildman–Crippen MR) is 400 cm³/mol. The zero-order valence-corrected chi connectivity index (χ0v) is 66.2. The van der Waals surface area contributed by atoms with Crippen LogP contribution in [0.25, 0.3) is 0 Å². The summed E-state index contributed by atoms with van der Waals surface area (Å²) in [7, 11) is -9.92. The number of hydrogen-bond acceptors (Lipinski definition) is 15. The van der Waals surface area contributed by atoms with Crippen molar-refractivity contribution < 1.29 is 80.2 Å². The Kier molecular flexibility index (Phi) is 66.8. The van der Waals surface area contributed by atoms with E-state index in [0.717, 1.165) is 114 Å². The van der Waals surface area contributed by atoms with Gasteiger partial charge >= 0.3 is 39.5 Å². The molecule has 0 aliphatic carbocycles. The topological polar surface area (TPSA) is 237 Å². The van der Waals surface area contributed by atoms with Crippen LogP contribution in [0, 0.1) is 23.7 Å². The molecule has 0 heterocycles. The molecular formula is C79H154O17P2. The van der Waals surface area contributed by atoms with Crippen molar-refractivity contribution in [3.63, 3.8) is 0 Å². The van der Waals surface area contributed by atoms with E-state index in [0.29, 0.717) is 31.6 Å². The Morgan fingerprint density at radius 1 is 0.286 bits per heavy atom. The molecule has 0 amide bonds. The molecule has 0 bridgehead atoms. The second-order valence-electron chi connectivity index (χ2n) is 29.9. The van der Waals surface area contributed by atoms with Gasteiger partial charge in [-0.05, 0) is 49.4 Å². The molecule has 0 rings (SSSR count). The molecule has 4 unspecified atom stereocenters. The van der Waals surface area contributed by atoms with Gasteiger partial charge in [-0.15, -0.1) is 0 Å². The van der Waals surface area contributed by atoms with Gasteiger partial charge in [-0.2, -0.15) is 0 Å². The molecule has 98 heavy (non-hydrogen) atoms. The molecule has 0 aliphatic heterocycles. The number of ether oxygens (including phenoxy) is 4. The Bertz CT molecular complexity index is 1920. The SMILES string of the molecule is CCC(C)CCCCCCCCCCCCCCCCC(=O)OC[C@H](COP(=O)(O)OC[C@@H](O)COP(=O)(O)OC[C@@H](COC(=O)CCCCCCCCC(C)C)OC(=O)CCCCCCCCCCCCCCCCC(C)CC)OC(=O)CCCCCCCCCCCCC(C)C. The molecule has 19 heteroatoms. The normalized spacial score (nSPS) is 14.6. The number of phosphoric ester groups is 2. The van der Waals surface area contributed by atoms with E-state index < -0.39 is 97.5 Å². The Balaban J connectivity index is 5.21. The van der Waals surface area contributed by atoms with E-state index in [1.807, 2.05) is 0 Å². The number of rotatable bonds is 76. The second-order valence-corrected chi connectivity index (χ2v) is 32.8. The molecule has 0 aliphatic rings. The van der Waals surface area contributed by atoms with Crippen molar-refractivity contribution in [1.29, 1.82) is 0 Å². The first-order valence-electron chi connectivity index (χ1n) is 40.8. The Morgan fingerprint density at radius 3 is 0.724 bits per heavy atom. The monoisotopic (exact) mass is 1440 g/mol. The van der Waals surface area contributed by atoms with Crippen LogP contribution >= 0.6 is 15.6 Å². The highest BCUT2D eigenvalue weighted by molar-refractivity contribution is 7.47. The minimum atomic E-state index is -4.96. The molecule has 0 aromatic rings. The van der Waals surface area contributed by atoms with Gasteiger partial charge in [-0.25, -0.2) is 9.13 Å². The molecule has 3 N–H and O–H groups in total. The number of esters is 4. The van der Waals surface area contributed by atoms with E-state index in [2.05, 4.69) is 55.4 Å². The van der Waals surface area contributed by atoms with Crippen molar-refractivity contribution in [1.82, 2.24) is 0 Å². The van der Waals surface area contributed by atoms with Crippen LogP contribution in [0.15, 0.2) is 0 Å². The summed E-state index contributed by atoms with van der Waals surface area (Å²) in [5.41, 5.74) is 0. The van der Waals surface area contributed by atoms with Crippen LogP contribution in [-0.4, -0.2) is 96.7 Å². The fraction of sp³-hybridized carbons (Fsp3) is 0.949. The lowest BCUT2D eigenvalue weighted by atomic mass is 9.99. The third-order valence-electron chi connectivity index (χ3n) is 19.0. The zero-order chi connectivity index (χ0) is 72.4. The highest BCUT2D eigenvalue weighted by Gasteiger charge is 2.30. The largest absolute Gasteiger partial charge is 0.472 e. The maximum absolute atomic E-state index is 13.1. The van der Waals surface area contributed by atoms with Crippen molar-refractivity contribution in [2.24, 2.45) is 23.7 Å². The van der Waals surface area contributed by atoms with Crippen molar-refractivity contribution in [3.8, 4) is 0 Å². The van der Waals surface area contributed by atoms with Gasteiger partial charge in [-0.3, -0.25) is 37.3 Å². The van der Waals surface area contributed by atoms with Gasteiger partial charge in [0.15, 0.2) is 12.2 Å². The number of carbonyl (C=O) groups excluding carboxylic acids is 4. The number of unbranched alkanes of at least 4 members (excludes halogenated alkanes) is 40. The molecule has 0 radical (unpaired) electrons. The highest BCUT2D eigenvalue weighted by atomic mass is 31.2. The van der Waals surface area contributed by atoms with Crippen molar-refractivity contribution in [2.45, 2.75) is 420 Å². The zero-order valence-electron chi connectivity index (χ0n) is 64.4. The van der Waals surface area contributed by atoms with Crippen molar-refractivity contribution in [3.05, 3.63) is 0 Å². The third kappa shape index (κ3) is 69.8. The molecule has 0 spiro atoms. The smallest absolute Gasteiger partial charge is 0.462 e. The average Bonchev–Trinajstić information content (AvgIpc) is 1.00. The summed E-state index contributed by atoms with van der Waals surface area (Å²) in [6.07, 6.45) is 54.1. The molecule has 17 nitrogen and oxygen atoms in total. The number of aliphatic hydroxyl groups excluding tert-OH is 1. The fourth-order valence-electron chi connectivity index (χ4n) is 12.0. The van der Waals surface area contributed by atoms with Gasteiger partial charge in [0, 0.05) is 25.7 Å². The van der Waals surface area contributed by atoms with Gasteiger partial charge in [0.25, 0.3) is 0 Å². The van der Waals surface area contributed by atoms with Crippen LogP contribution in [0.3, 0.4) is 0 Å². The first-order valence-corrected chi connectivity index (χ1v) is 43.8. The Morgan fingerprint density at radius 2 is 0.490 bits per heavy atom. The summed E-state index contributed by atoms with van der Waals surface area (Å²) in [6.45, 7) is 14.2. The van der Waals surface area contributed by atoms with Crippen molar-refractivity contribution in [2.75, 3.05) is 39.6 Å². The maximum atomic E-state index is 13.1. The lowest BCUT2D eigenvalue weighted by Crippen LogP contribution is -2.30. The van der Waals surface area contributed by atoms with Gasteiger partial charge < -0.3 is 33.8 Å². The van der Waals surface area contributed by atoms with Gasteiger partial charge in [-0.1, -0.05) is 351 Å². The molecule has 7 atom stereocenters. The van der Waals surface area contributed by atoms with Gasteiger partial charge in [0.2, 0.25) is 0 Å². The summed E-state index contributed by atoms with van der Waals surface area (Å²) in [6, 6.07) is 0. The van der Waals surface area contributed by atoms with E-state index >= 15 is 0 Å². The number of carbonyl (C=O) groups is 4. The number of aliphatic hydroxyl groups is 1. The fourth-order valence-corrected chi connectivity index (χ4v) is 13.6.